The quantitative estimate of drug-likeness (QED) is 0.373. The van der Waals surface area contributed by atoms with Gasteiger partial charge in [-0.15, -0.1) is 0 Å². The normalized spacial score (nSPS) is 11.8. The molecule has 0 radical (unpaired) electrons. The van der Waals surface area contributed by atoms with E-state index in [1.165, 1.54) is 6.20 Å². The molecule has 0 fully saturated rings. The van der Waals surface area contributed by atoms with E-state index < -0.39 is 11.2 Å². The van der Waals surface area contributed by atoms with Crippen molar-refractivity contribution in [3.8, 4) is 0 Å². The third-order valence-electron chi connectivity index (χ3n) is 3.96. The zero-order valence-electron chi connectivity index (χ0n) is 15.5. The summed E-state index contributed by atoms with van der Waals surface area (Å²) in [5.74, 6) is -0.728. The maximum atomic E-state index is 12.5. The Bertz CT molecular complexity index is 1030. The smallest absolute Gasteiger partial charge is 0.343 e. The molecule has 144 valence electrons. The van der Waals surface area contributed by atoms with Crippen LogP contribution < -0.4 is 11.1 Å². The first-order valence-electron chi connectivity index (χ1n) is 8.74. The maximum Gasteiger partial charge on any atom is 0.343 e. The zero-order chi connectivity index (χ0) is 20.1. The summed E-state index contributed by atoms with van der Waals surface area (Å²) in [4.78, 5) is 32.5. The number of anilines is 2. The molecule has 1 heterocycles. The zero-order valence-corrected chi connectivity index (χ0v) is 16.3. The lowest BCUT2D eigenvalue weighted by Gasteiger charge is -2.12. The molecule has 3 N–H and O–H groups in total. The second kappa shape index (κ2) is 8.71. The molecule has 1 unspecified atom stereocenters. The number of carbonyl (C=O) groups excluding carboxylic acids is 2. The van der Waals surface area contributed by atoms with Crippen LogP contribution in [0.3, 0.4) is 0 Å². The number of aromatic nitrogens is 2. The van der Waals surface area contributed by atoms with Crippen LogP contribution in [-0.4, -0.2) is 33.7 Å². The topological polar surface area (TPSA) is 107 Å². The number of nitrogens with zero attached hydrogens (tertiary/aromatic N) is 2. The molecule has 0 saturated carbocycles. The highest BCUT2D eigenvalue weighted by molar-refractivity contribution is 8.00. The number of rotatable bonds is 6. The van der Waals surface area contributed by atoms with Crippen LogP contribution in [0.25, 0.3) is 10.8 Å². The molecule has 1 amide bonds. The van der Waals surface area contributed by atoms with Gasteiger partial charge in [-0.2, -0.15) is 0 Å². The summed E-state index contributed by atoms with van der Waals surface area (Å²) in [6.07, 6.45) is 1.32. The summed E-state index contributed by atoms with van der Waals surface area (Å²) in [7, 11) is 0. The van der Waals surface area contributed by atoms with Crippen LogP contribution in [0.1, 0.15) is 24.2 Å². The van der Waals surface area contributed by atoms with E-state index in [9.17, 15) is 9.59 Å². The lowest BCUT2D eigenvalue weighted by atomic mass is 10.1. The van der Waals surface area contributed by atoms with E-state index in [-0.39, 0.29) is 23.9 Å². The Morgan fingerprint density at radius 2 is 1.96 bits per heavy atom. The van der Waals surface area contributed by atoms with Crippen molar-refractivity contribution < 1.29 is 14.3 Å². The van der Waals surface area contributed by atoms with Crippen LogP contribution >= 0.6 is 11.8 Å². The molecule has 0 bridgehead atoms. The van der Waals surface area contributed by atoms with Crippen LogP contribution in [0.4, 0.5) is 11.5 Å². The lowest BCUT2D eigenvalue weighted by molar-refractivity contribution is -0.115. The number of hydrogen-bond acceptors (Lipinski definition) is 7. The molecule has 1 atom stereocenters. The van der Waals surface area contributed by atoms with Crippen LogP contribution in [0.2, 0.25) is 0 Å². The highest BCUT2D eigenvalue weighted by atomic mass is 32.2. The van der Waals surface area contributed by atoms with Crippen molar-refractivity contribution in [2.45, 2.75) is 24.3 Å². The number of nitrogen functional groups attached to an aromatic ring is 1. The van der Waals surface area contributed by atoms with E-state index in [0.29, 0.717) is 10.8 Å². The van der Waals surface area contributed by atoms with Crippen molar-refractivity contribution >= 4 is 45.9 Å². The summed E-state index contributed by atoms with van der Waals surface area (Å²) >= 11 is 1.16. The second-order valence-corrected chi connectivity index (χ2v) is 7.29. The van der Waals surface area contributed by atoms with E-state index in [1.54, 1.807) is 13.8 Å². The first kappa shape index (κ1) is 19.6. The van der Waals surface area contributed by atoms with Gasteiger partial charge in [0.25, 0.3) is 0 Å². The van der Waals surface area contributed by atoms with E-state index in [2.05, 4.69) is 15.3 Å². The SMILES string of the molecule is CCOC(=O)c1cnc(SC(C)C(=O)Nc2ccc3ccccc3c2)nc1N. The number of ether oxygens (including phenoxy) is 1. The molecule has 3 rings (SSSR count). The summed E-state index contributed by atoms with van der Waals surface area (Å²) in [5.41, 5.74) is 6.64. The molecular weight excluding hydrogens is 376 g/mol. The van der Waals surface area contributed by atoms with Crippen molar-refractivity contribution in [2.75, 3.05) is 17.7 Å². The van der Waals surface area contributed by atoms with Crippen LogP contribution in [-0.2, 0) is 9.53 Å². The highest BCUT2D eigenvalue weighted by Gasteiger charge is 2.19. The minimum atomic E-state index is -0.571. The molecule has 0 aliphatic heterocycles. The van der Waals surface area contributed by atoms with Gasteiger partial charge in [0, 0.05) is 11.9 Å². The molecule has 0 aliphatic rings. The Hall–Kier alpha value is -3.13. The largest absolute Gasteiger partial charge is 0.462 e. The van der Waals surface area contributed by atoms with Crippen molar-refractivity contribution in [3.05, 3.63) is 54.2 Å². The number of esters is 1. The first-order valence-corrected chi connectivity index (χ1v) is 9.62. The predicted octanol–water partition coefficient (Wildman–Crippen LogP) is 3.51. The van der Waals surface area contributed by atoms with Gasteiger partial charge in [-0.25, -0.2) is 14.8 Å². The molecule has 8 heteroatoms. The van der Waals surface area contributed by atoms with Crippen LogP contribution in [0, 0.1) is 0 Å². The fourth-order valence-electron chi connectivity index (χ4n) is 2.52. The van der Waals surface area contributed by atoms with Crippen molar-refractivity contribution in [1.82, 2.24) is 9.97 Å². The Balaban J connectivity index is 1.66. The minimum absolute atomic E-state index is 0.0260. The number of carbonyl (C=O) groups is 2. The Morgan fingerprint density at radius 3 is 2.68 bits per heavy atom. The molecule has 0 saturated heterocycles. The molecule has 2 aromatic carbocycles. The maximum absolute atomic E-state index is 12.5. The van der Waals surface area contributed by atoms with Crippen LogP contribution in [0.5, 0.6) is 0 Å². The van der Waals surface area contributed by atoms with E-state index in [4.69, 9.17) is 10.5 Å². The molecule has 0 aliphatic carbocycles. The van der Waals surface area contributed by atoms with Gasteiger partial charge in [-0.1, -0.05) is 42.1 Å². The second-order valence-electron chi connectivity index (χ2n) is 5.98. The summed E-state index contributed by atoms with van der Waals surface area (Å²) in [6.45, 7) is 3.69. The number of amides is 1. The van der Waals surface area contributed by atoms with Gasteiger partial charge >= 0.3 is 5.97 Å². The third kappa shape index (κ3) is 4.58. The molecular formula is C20H20N4O3S. The molecule has 1 aromatic heterocycles. The van der Waals surface area contributed by atoms with E-state index in [1.807, 2.05) is 42.5 Å². The van der Waals surface area contributed by atoms with Crippen LogP contribution in [0.15, 0.2) is 53.8 Å². The van der Waals surface area contributed by atoms with Gasteiger partial charge in [-0.05, 0) is 36.8 Å². The van der Waals surface area contributed by atoms with Gasteiger partial charge in [0.2, 0.25) is 5.91 Å². The average molecular weight is 396 g/mol. The average Bonchev–Trinajstić information content (AvgIpc) is 2.68. The van der Waals surface area contributed by atoms with E-state index in [0.717, 1.165) is 22.5 Å². The number of benzene rings is 2. The van der Waals surface area contributed by atoms with E-state index >= 15 is 0 Å². The fraction of sp³-hybridized carbons (Fsp3) is 0.200. The molecule has 28 heavy (non-hydrogen) atoms. The monoisotopic (exact) mass is 396 g/mol. The fourth-order valence-corrected chi connectivity index (χ4v) is 3.27. The van der Waals surface area contributed by atoms with Gasteiger partial charge in [0.15, 0.2) is 5.16 Å². The minimum Gasteiger partial charge on any atom is -0.462 e. The highest BCUT2D eigenvalue weighted by Crippen LogP contribution is 2.24. The summed E-state index contributed by atoms with van der Waals surface area (Å²) < 4.78 is 4.90. The number of nitrogens with one attached hydrogen (secondary N) is 1. The number of fused-ring (bicyclic) bond motifs is 1. The van der Waals surface area contributed by atoms with Crippen molar-refractivity contribution in [2.24, 2.45) is 0 Å². The summed E-state index contributed by atoms with van der Waals surface area (Å²) in [6, 6.07) is 13.7. The molecule has 3 aromatic rings. The molecule has 7 nitrogen and oxygen atoms in total. The van der Waals surface area contributed by atoms with Gasteiger partial charge in [0.05, 0.1) is 11.9 Å². The molecule has 0 spiro atoms. The lowest BCUT2D eigenvalue weighted by Crippen LogP contribution is -2.22. The predicted molar refractivity (Wildman–Crippen MR) is 110 cm³/mol. The number of thioether (sulfide) groups is 1. The van der Waals surface area contributed by atoms with Gasteiger partial charge < -0.3 is 15.8 Å². The number of nitrogens with two attached hydrogens (primary N) is 1. The third-order valence-corrected chi connectivity index (χ3v) is 4.94. The standard InChI is InChI=1S/C20H20N4O3S/c1-3-27-19(26)16-11-22-20(24-17(16)21)28-12(2)18(25)23-15-9-8-13-6-4-5-7-14(13)10-15/h4-12H,3H2,1-2H3,(H,23,25)(H2,21,22,24). The Morgan fingerprint density at radius 1 is 1.21 bits per heavy atom. The van der Waals surface area contributed by atoms with Crippen molar-refractivity contribution in [1.29, 1.82) is 0 Å². The number of hydrogen-bond donors (Lipinski definition) is 2. The Labute approximate surface area is 166 Å². The Kier molecular flexibility index (Phi) is 6.10. The summed E-state index contributed by atoms with van der Waals surface area (Å²) in [5, 5.41) is 4.90. The van der Waals surface area contributed by atoms with Crippen molar-refractivity contribution in [3.63, 3.8) is 0 Å². The van der Waals surface area contributed by atoms with Gasteiger partial charge in [-0.3, -0.25) is 4.79 Å². The first-order chi connectivity index (χ1) is 13.5. The van der Waals surface area contributed by atoms with Gasteiger partial charge in [0.1, 0.15) is 11.4 Å².